The van der Waals surface area contributed by atoms with Gasteiger partial charge in [-0.05, 0) is 30.5 Å². The van der Waals surface area contributed by atoms with Gasteiger partial charge < -0.3 is 15.3 Å². The van der Waals surface area contributed by atoms with Crippen LogP contribution in [0.3, 0.4) is 0 Å². The molecule has 1 aromatic rings. The predicted octanol–water partition coefficient (Wildman–Crippen LogP) is 2.09. The third-order valence-corrected chi connectivity index (χ3v) is 5.85. The van der Waals surface area contributed by atoms with E-state index in [4.69, 9.17) is 5.11 Å². The van der Waals surface area contributed by atoms with Crippen molar-refractivity contribution in [2.75, 3.05) is 11.6 Å². The largest absolute Gasteiger partial charge is 0.478 e. The molecule has 1 aromatic carbocycles. The third-order valence-electron chi connectivity index (χ3n) is 4.84. The standard InChI is InChI=1S/C18H22N2O4S/c21-16(19-9-12-5-7-14(8-6-12)18(23)24)15-10-25-11-20(15)17(22)13-3-1-2-4-13/h5-8,13,15H,1-4,9-11H2,(H,19,21)(H,23,24). The van der Waals surface area contributed by atoms with Crippen LogP contribution < -0.4 is 5.32 Å². The minimum absolute atomic E-state index is 0.0811. The van der Waals surface area contributed by atoms with Gasteiger partial charge in [0.15, 0.2) is 0 Å². The highest BCUT2D eigenvalue weighted by atomic mass is 32.2. The van der Waals surface area contributed by atoms with Crippen LogP contribution in [0.2, 0.25) is 0 Å². The number of benzene rings is 1. The minimum Gasteiger partial charge on any atom is -0.478 e. The van der Waals surface area contributed by atoms with Gasteiger partial charge in [-0.3, -0.25) is 9.59 Å². The van der Waals surface area contributed by atoms with E-state index in [-0.39, 0.29) is 23.3 Å². The fourth-order valence-electron chi connectivity index (χ4n) is 3.36. The second kappa shape index (κ2) is 7.91. The number of nitrogens with one attached hydrogen (secondary N) is 1. The summed E-state index contributed by atoms with van der Waals surface area (Å²) in [6.45, 7) is 0.325. The Balaban J connectivity index is 1.56. The molecule has 0 aromatic heterocycles. The van der Waals surface area contributed by atoms with Gasteiger partial charge in [-0.2, -0.15) is 0 Å². The molecule has 2 N–H and O–H groups in total. The van der Waals surface area contributed by atoms with Gasteiger partial charge in [-0.15, -0.1) is 11.8 Å². The average Bonchev–Trinajstić information content (AvgIpc) is 3.30. The molecule has 1 unspecified atom stereocenters. The van der Waals surface area contributed by atoms with E-state index < -0.39 is 12.0 Å². The highest BCUT2D eigenvalue weighted by Crippen LogP contribution is 2.30. The number of thioether (sulfide) groups is 1. The first kappa shape index (κ1) is 17.8. The molecule has 1 aliphatic carbocycles. The summed E-state index contributed by atoms with van der Waals surface area (Å²) in [7, 11) is 0. The summed E-state index contributed by atoms with van der Waals surface area (Å²) >= 11 is 1.61. The van der Waals surface area contributed by atoms with E-state index >= 15 is 0 Å². The number of amides is 2. The molecular formula is C18H22N2O4S. The van der Waals surface area contributed by atoms with Crippen LogP contribution in [0.5, 0.6) is 0 Å². The van der Waals surface area contributed by atoms with Crippen LogP contribution in [0.4, 0.5) is 0 Å². The molecule has 0 spiro atoms. The Morgan fingerprint density at radius 2 is 1.84 bits per heavy atom. The summed E-state index contributed by atoms with van der Waals surface area (Å²) in [4.78, 5) is 37.7. The van der Waals surface area contributed by atoms with Gasteiger partial charge in [0.05, 0.1) is 11.4 Å². The van der Waals surface area contributed by atoms with E-state index in [2.05, 4.69) is 5.32 Å². The van der Waals surface area contributed by atoms with Gasteiger partial charge in [0.1, 0.15) is 6.04 Å². The van der Waals surface area contributed by atoms with E-state index in [1.807, 2.05) is 0 Å². The monoisotopic (exact) mass is 362 g/mol. The molecule has 25 heavy (non-hydrogen) atoms. The summed E-state index contributed by atoms with van der Waals surface area (Å²) in [5.74, 6) is 0.299. The van der Waals surface area contributed by atoms with E-state index in [0.717, 1.165) is 31.2 Å². The maximum absolute atomic E-state index is 12.6. The van der Waals surface area contributed by atoms with Crippen LogP contribution in [0.1, 0.15) is 41.6 Å². The second-order valence-electron chi connectivity index (χ2n) is 6.52. The zero-order valence-corrected chi connectivity index (χ0v) is 14.8. The number of carbonyl (C=O) groups excluding carboxylic acids is 2. The molecule has 2 amide bonds. The van der Waals surface area contributed by atoms with Crippen molar-refractivity contribution in [3.05, 3.63) is 35.4 Å². The van der Waals surface area contributed by atoms with E-state index in [1.54, 1.807) is 28.8 Å². The zero-order valence-electron chi connectivity index (χ0n) is 13.9. The van der Waals surface area contributed by atoms with Crippen molar-refractivity contribution in [1.29, 1.82) is 0 Å². The Bertz CT molecular complexity index is 656. The van der Waals surface area contributed by atoms with Gasteiger partial charge >= 0.3 is 5.97 Å². The molecule has 1 aliphatic heterocycles. The Morgan fingerprint density at radius 1 is 1.16 bits per heavy atom. The smallest absolute Gasteiger partial charge is 0.335 e. The molecule has 1 atom stereocenters. The molecule has 6 nitrogen and oxygen atoms in total. The van der Waals surface area contributed by atoms with E-state index in [9.17, 15) is 14.4 Å². The molecular weight excluding hydrogens is 340 g/mol. The van der Waals surface area contributed by atoms with Crippen molar-refractivity contribution in [3.8, 4) is 0 Å². The number of aromatic carboxylic acids is 1. The van der Waals surface area contributed by atoms with Crippen LogP contribution in [-0.2, 0) is 16.1 Å². The zero-order chi connectivity index (χ0) is 17.8. The van der Waals surface area contributed by atoms with Crippen LogP contribution in [-0.4, -0.2) is 45.5 Å². The molecule has 134 valence electrons. The third kappa shape index (κ3) is 4.15. The summed E-state index contributed by atoms with van der Waals surface area (Å²) < 4.78 is 0. The highest BCUT2D eigenvalue weighted by molar-refractivity contribution is 7.99. The Hall–Kier alpha value is -2.02. The first-order valence-electron chi connectivity index (χ1n) is 8.54. The van der Waals surface area contributed by atoms with Crippen molar-refractivity contribution in [2.45, 2.75) is 38.3 Å². The number of carboxylic acid groups (broad SMARTS) is 1. The van der Waals surface area contributed by atoms with Gasteiger partial charge in [0.25, 0.3) is 0 Å². The number of carbonyl (C=O) groups is 3. The molecule has 1 heterocycles. The molecule has 1 saturated carbocycles. The molecule has 0 radical (unpaired) electrons. The minimum atomic E-state index is -0.973. The molecule has 7 heteroatoms. The lowest BCUT2D eigenvalue weighted by Gasteiger charge is -2.25. The van der Waals surface area contributed by atoms with Gasteiger partial charge in [-0.25, -0.2) is 4.79 Å². The summed E-state index contributed by atoms with van der Waals surface area (Å²) in [5, 5.41) is 11.8. The maximum atomic E-state index is 12.6. The van der Waals surface area contributed by atoms with E-state index in [1.165, 1.54) is 12.1 Å². The molecule has 2 fully saturated rings. The Kier molecular flexibility index (Phi) is 5.63. The SMILES string of the molecule is O=C(O)c1ccc(CNC(=O)C2CSCN2C(=O)C2CCCC2)cc1. The highest BCUT2D eigenvalue weighted by Gasteiger charge is 2.38. The van der Waals surface area contributed by atoms with Crippen molar-refractivity contribution < 1.29 is 19.5 Å². The topological polar surface area (TPSA) is 86.7 Å². The Morgan fingerprint density at radius 3 is 2.48 bits per heavy atom. The van der Waals surface area contributed by atoms with Crippen molar-refractivity contribution in [3.63, 3.8) is 0 Å². The summed E-state index contributed by atoms with van der Waals surface area (Å²) in [5.41, 5.74) is 1.05. The first-order valence-corrected chi connectivity index (χ1v) is 9.70. The van der Waals surface area contributed by atoms with Gasteiger partial charge in [0.2, 0.25) is 11.8 Å². The number of hydrogen-bond donors (Lipinski definition) is 2. The van der Waals surface area contributed by atoms with Crippen molar-refractivity contribution in [1.82, 2.24) is 10.2 Å². The van der Waals surface area contributed by atoms with Crippen molar-refractivity contribution in [2.24, 2.45) is 5.92 Å². The fourth-order valence-corrected chi connectivity index (χ4v) is 4.52. The lowest BCUT2D eigenvalue weighted by molar-refractivity contribution is -0.141. The second-order valence-corrected chi connectivity index (χ2v) is 7.52. The number of hydrogen-bond acceptors (Lipinski definition) is 4. The van der Waals surface area contributed by atoms with Crippen LogP contribution >= 0.6 is 11.8 Å². The van der Waals surface area contributed by atoms with Crippen LogP contribution in [0.25, 0.3) is 0 Å². The maximum Gasteiger partial charge on any atom is 0.335 e. The molecule has 1 saturated heterocycles. The average molecular weight is 362 g/mol. The normalized spacial score (nSPS) is 20.6. The lowest BCUT2D eigenvalue weighted by atomic mass is 10.1. The lowest BCUT2D eigenvalue weighted by Crippen LogP contribution is -2.48. The first-order chi connectivity index (χ1) is 12.1. The summed E-state index contributed by atoms with van der Waals surface area (Å²) in [6.07, 6.45) is 4.07. The number of rotatable bonds is 5. The van der Waals surface area contributed by atoms with Crippen LogP contribution in [0.15, 0.2) is 24.3 Å². The van der Waals surface area contributed by atoms with Crippen LogP contribution in [0, 0.1) is 5.92 Å². The molecule has 2 aliphatic rings. The van der Waals surface area contributed by atoms with E-state index in [0.29, 0.717) is 18.2 Å². The molecule has 0 bridgehead atoms. The Labute approximate surface area is 151 Å². The number of carboxylic acids is 1. The quantitative estimate of drug-likeness (QED) is 0.838. The number of nitrogens with zero attached hydrogens (tertiary/aromatic N) is 1. The predicted molar refractivity (Wildman–Crippen MR) is 95.2 cm³/mol. The summed E-state index contributed by atoms with van der Waals surface area (Å²) in [6, 6.07) is 6.01. The van der Waals surface area contributed by atoms with Gasteiger partial charge in [-0.1, -0.05) is 25.0 Å². The van der Waals surface area contributed by atoms with Crippen molar-refractivity contribution >= 4 is 29.5 Å². The fraction of sp³-hybridized carbons (Fsp3) is 0.500. The van der Waals surface area contributed by atoms with Gasteiger partial charge in [0, 0.05) is 18.2 Å². The molecule has 3 rings (SSSR count).